The first-order valence-corrected chi connectivity index (χ1v) is 12.8. The van der Waals surface area contributed by atoms with Gasteiger partial charge in [-0.1, -0.05) is 11.8 Å². The van der Waals surface area contributed by atoms with Crippen molar-refractivity contribution in [2.75, 3.05) is 18.9 Å². The van der Waals surface area contributed by atoms with Gasteiger partial charge in [0.05, 0.1) is 17.6 Å². The summed E-state index contributed by atoms with van der Waals surface area (Å²) in [4.78, 5) is 24.7. The molecule has 0 radical (unpaired) electrons. The van der Waals surface area contributed by atoms with Gasteiger partial charge in [0.1, 0.15) is 9.86 Å². The van der Waals surface area contributed by atoms with Gasteiger partial charge in [0.25, 0.3) is 5.95 Å². The molecule has 31 heavy (non-hydrogen) atoms. The quantitative estimate of drug-likeness (QED) is 0.448. The Labute approximate surface area is 190 Å². The summed E-state index contributed by atoms with van der Waals surface area (Å²) in [7, 11) is 0. The highest BCUT2D eigenvalue weighted by atomic mass is 32.2. The van der Waals surface area contributed by atoms with E-state index in [0.29, 0.717) is 18.2 Å². The van der Waals surface area contributed by atoms with E-state index in [1.54, 1.807) is 16.0 Å². The number of thioether (sulfide) groups is 1. The maximum atomic E-state index is 12.5. The van der Waals surface area contributed by atoms with Gasteiger partial charge in [-0.25, -0.2) is 9.67 Å². The first-order chi connectivity index (χ1) is 15.1. The molecule has 3 aromatic rings. The summed E-state index contributed by atoms with van der Waals surface area (Å²) in [6.45, 7) is 5.37. The average Bonchev–Trinajstić information content (AvgIpc) is 3.48. The summed E-state index contributed by atoms with van der Waals surface area (Å²) in [5.74, 6) is 0.933. The third-order valence-electron chi connectivity index (χ3n) is 5.86. The minimum Gasteiger partial charge on any atom is -0.376 e. The molecule has 3 aromatic heterocycles. The number of carbonyl (C=O) groups is 1. The van der Waals surface area contributed by atoms with Crippen molar-refractivity contribution in [2.45, 2.75) is 63.5 Å². The van der Waals surface area contributed by atoms with Crippen LogP contribution >= 0.6 is 23.1 Å². The number of hydrogen-bond donors (Lipinski definition) is 1. The van der Waals surface area contributed by atoms with E-state index in [1.165, 1.54) is 35.0 Å². The Balaban J connectivity index is 1.43. The number of hydrogen-bond acceptors (Lipinski definition) is 7. The van der Waals surface area contributed by atoms with Crippen LogP contribution in [0, 0.1) is 13.8 Å². The number of carbonyl (C=O) groups excluding carboxylic acids is 1. The number of ether oxygens (including phenoxy) is 1. The van der Waals surface area contributed by atoms with Crippen molar-refractivity contribution < 1.29 is 9.53 Å². The maximum absolute atomic E-state index is 12.5. The maximum Gasteiger partial charge on any atom is 0.253 e. The lowest BCUT2D eigenvalue weighted by Gasteiger charge is -2.13. The second kappa shape index (κ2) is 8.88. The summed E-state index contributed by atoms with van der Waals surface area (Å²) in [6, 6.07) is 2.03. The summed E-state index contributed by atoms with van der Waals surface area (Å²) < 4.78 is 7.40. The number of nitrogens with zero attached hydrogens (tertiary/aromatic N) is 4. The molecular weight excluding hydrogens is 430 g/mol. The van der Waals surface area contributed by atoms with Gasteiger partial charge in [-0.05, 0) is 64.0 Å². The molecule has 0 aromatic carbocycles. The van der Waals surface area contributed by atoms with E-state index in [1.807, 2.05) is 19.9 Å². The van der Waals surface area contributed by atoms with Gasteiger partial charge in [-0.2, -0.15) is 10.1 Å². The topological polar surface area (TPSA) is 81.9 Å². The number of aryl methyl sites for hydroxylation is 4. The van der Waals surface area contributed by atoms with Crippen molar-refractivity contribution in [3.8, 4) is 5.95 Å². The molecule has 9 heteroatoms. The van der Waals surface area contributed by atoms with Crippen LogP contribution in [0.2, 0.25) is 0 Å². The summed E-state index contributed by atoms with van der Waals surface area (Å²) >= 11 is 3.28. The average molecular weight is 458 g/mol. The zero-order valence-corrected chi connectivity index (χ0v) is 19.6. The van der Waals surface area contributed by atoms with Crippen molar-refractivity contribution in [1.29, 1.82) is 0 Å². The molecule has 0 bridgehead atoms. The van der Waals surface area contributed by atoms with E-state index in [4.69, 9.17) is 14.7 Å². The van der Waals surface area contributed by atoms with E-state index < -0.39 is 0 Å². The van der Waals surface area contributed by atoms with Crippen molar-refractivity contribution in [1.82, 2.24) is 25.1 Å². The smallest absolute Gasteiger partial charge is 0.253 e. The first kappa shape index (κ1) is 20.9. The lowest BCUT2D eigenvalue weighted by molar-refractivity contribution is -0.119. The van der Waals surface area contributed by atoms with Crippen molar-refractivity contribution in [3.05, 3.63) is 27.9 Å². The van der Waals surface area contributed by atoms with Gasteiger partial charge in [0.15, 0.2) is 0 Å². The molecular formula is C22H27N5O2S2. The van der Waals surface area contributed by atoms with Gasteiger partial charge in [-0.15, -0.1) is 11.3 Å². The minimum atomic E-state index is 0.0176. The zero-order chi connectivity index (χ0) is 21.4. The molecule has 7 nitrogen and oxygen atoms in total. The normalized spacial score (nSPS) is 18.5. The van der Waals surface area contributed by atoms with Gasteiger partial charge in [-0.3, -0.25) is 4.79 Å². The Morgan fingerprint density at radius 3 is 2.94 bits per heavy atom. The number of nitrogens with one attached hydrogen (secondary N) is 1. The highest BCUT2D eigenvalue weighted by Gasteiger charge is 2.23. The monoisotopic (exact) mass is 457 g/mol. The molecule has 1 atom stereocenters. The van der Waals surface area contributed by atoms with Gasteiger partial charge >= 0.3 is 0 Å². The molecule has 1 fully saturated rings. The fourth-order valence-corrected chi connectivity index (χ4v) is 6.56. The van der Waals surface area contributed by atoms with E-state index in [0.717, 1.165) is 58.9 Å². The standard InChI is InChI=1S/C22H27N5O2S2/c1-13-10-14(2)27(26-13)22-24-20(30-12-18(28)23-11-15-6-5-9-29-15)19-16-7-3-4-8-17(16)31-21(19)25-22/h10,15H,3-9,11-12H2,1-2H3,(H,23,28). The van der Waals surface area contributed by atoms with Crippen LogP contribution in [0.4, 0.5) is 0 Å². The summed E-state index contributed by atoms with van der Waals surface area (Å²) in [6.07, 6.45) is 6.85. The summed E-state index contributed by atoms with van der Waals surface area (Å²) in [5.41, 5.74) is 3.33. The number of rotatable bonds is 6. The second-order valence-corrected chi connectivity index (χ2v) is 10.3. The van der Waals surface area contributed by atoms with Crippen LogP contribution in [0.15, 0.2) is 11.1 Å². The second-order valence-electron chi connectivity index (χ2n) is 8.29. The fourth-order valence-electron chi connectivity index (χ4n) is 4.36. The first-order valence-electron chi connectivity index (χ1n) is 11.0. The Morgan fingerprint density at radius 1 is 1.29 bits per heavy atom. The van der Waals surface area contributed by atoms with Gasteiger partial charge < -0.3 is 10.1 Å². The zero-order valence-electron chi connectivity index (χ0n) is 17.9. The number of aromatic nitrogens is 4. The Bertz CT molecular complexity index is 1120. The minimum absolute atomic E-state index is 0.0176. The van der Waals surface area contributed by atoms with Gasteiger partial charge in [0.2, 0.25) is 5.91 Å². The van der Waals surface area contributed by atoms with Crippen LogP contribution in [0.5, 0.6) is 0 Å². The number of fused-ring (bicyclic) bond motifs is 3. The van der Waals surface area contributed by atoms with Crippen LogP contribution in [-0.4, -0.2) is 50.7 Å². The summed E-state index contributed by atoms with van der Waals surface area (Å²) in [5, 5.41) is 9.62. The Kier molecular flexibility index (Phi) is 5.99. The molecule has 1 unspecified atom stereocenters. The van der Waals surface area contributed by atoms with E-state index in [9.17, 15) is 4.79 Å². The number of thiophene rings is 1. The number of amides is 1. The molecule has 2 aliphatic rings. The highest BCUT2D eigenvalue weighted by molar-refractivity contribution is 8.00. The van der Waals surface area contributed by atoms with Crippen LogP contribution in [0.1, 0.15) is 47.5 Å². The third kappa shape index (κ3) is 4.36. The van der Waals surface area contributed by atoms with Crippen molar-refractivity contribution in [2.24, 2.45) is 0 Å². The Morgan fingerprint density at radius 2 is 2.16 bits per heavy atom. The van der Waals surface area contributed by atoms with Gasteiger partial charge in [0, 0.05) is 29.1 Å². The fraction of sp³-hybridized carbons (Fsp3) is 0.545. The predicted molar refractivity (Wildman–Crippen MR) is 123 cm³/mol. The predicted octanol–water partition coefficient (Wildman–Crippen LogP) is 3.76. The van der Waals surface area contributed by atoms with Crippen LogP contribution < -0.4 is 5.32 Å². The molecule has 5 rings (SSSR count). The Hall–Kier alpha value is -1.97. The van der Waals surface area contributed by atoms with Crippen LogP contribution in [-0.2, 0) is 22.4 Å². The molecule has 1 saturated heterocycles. The molecule has 0 saturated carbocycles. The lowest BCUT2D eigenvalue weighted by Crippen LogP contribution is -2.32. The van der Waals surface area contributed by atoms with Crippen LogP contribution in [0.25, 0.3) is 16.2 Å². The molecule has 1 aliphatic carbocycles. The molecule has 1 amide bonds. The van der Waals surface area contributed by atoms with E-state index in [2.05, 4.69) is 10.4 Å². The lowest BCUT2D eigenvalue weighted by atomic mass is 9.97. The van der Waals surface area contributed by atoms with E-state index >= 15 is 0 Å². The molecule has 164 valence electrons. The van der Waals surface area contributed by atoms with Crippen molar-refractivity contribution in [3.63, 3.8) is 0 Å². The van der Waals surface area contributed by atoms with E-state index in [-0.39, 0.29) is 12.0 Å². The molecule has 0 spiro atoms. The van der Waals surface area contributed by atoms with Crippen molar-refractivity contribution >= 4 is 39.2 Å². The molecule has 1 aliphatic heterocycles. The molecule has 1 N–H and O–H groups in total. The largest absolute Gasteiger partial charge is 0.376 e. The van der Waals surface area contributed by atoms with Crippen LogP contribution in [0.3, 0.4) is 0 Å². The highest BCUT2D eigenvalue weighted by Crippen LogP contribution is 2.40. The third-order valence-corrected chi connectivity index (χ3v) is 8.02. The molecule has 4 heterocycles. The SMILES string of the molecule is Cc1cc(C)n(-c2nc(SCC(=O)NCC3CCCO3)c3c4c(sc3n2)CCCC4)n1.